The molecular formula is C13H21ClN2O2S2. The van der Waals surface area contributed by atoms with Crippen LogP contribution in [0.4, 0.5) is 0 Å². The molecule has 0 amide bonds. The molecule has 7 heteroatoms. The molecule has 0 saturated carbocycles. The van der Waals surface area contributed by atoms with Gasteiger partial charge in [-0.25, -0.2) is 8.42 Å². The summed E-state index contributed by atoms with van der Waals surface area (Å²) < 4.78 is 22.8. The Labute approximate surface area is 130 Å². The summed E-state index contributed by atoms with van der Waals surface area (Å²) in [6.45, 7) is 1.67. The van der Waals surface area contributed by atoms with E-state index >= 15 is 0 Å². The third kappa shape index (κ3) is 6.95. The van der Waals surface area contributed by atoms with Crippen molar-refractivity contribution in [3.63, 3.8) is 0 Å². The van der Waals surface area contributed by atoms with Crippen molar-refractivity contribution in [2.24, 2.45) is 5.84 Å². The standard InChI is InChI=1S/C13H21ClN2O2S2/c1-2-20(17,18)8-4-6-12(16-15)10-19-13-7-3-5-11(14)9-13/h3,5,7,9,12,16H,2,4,6,8,10,15H2,1H3. The molecule has 1 rings (SSSR count). The van der Waals surface area contributed by atoms with E-state index in [0.717, 1.165) is 17.1 Å². The van der Waals surface area contributed by atoms with Crippen molar-refractivity contribution in [2.45, 2.75) is 30.7 Å². The van der Waals surface area contributed by atoms with Gasteiger partial charge in [0.05, 0.1) is 5.75 Å². The molecule has 0 spiro atoms. The van der Waals surface area contributed by atoms with Gasteiger partial charge < -0.3 is 0 Å². The van der Waals surface area contributed by atoms with Crippen LogP contribution in [-0.2, 0) is 9.84 Å². The van der Waals surface area contributed by atoms with Crippen LogP contribution < -0.4 is 11.3 Å². The van der Waals surface area contributed by atoms with Crippen LogP contribution in [0.2, 0.25) is 5.02 Å². The summed E-state index contributed by atoms with van der Waals surface area (Å²) in [5.74, 6) is 6.72. The maximum absolute atomic E-state index is 11.4. The molecule has 0 radical (unpaired) electrons. The van der Waals surface area contributed by atoms with Crippen LogP contribution in [0.5, 0.6) is 0 Å². The monoisotopic (exact) mass is 336 g/mol. The second-order valence-corrected chi connectivity index (χ2v) is 8.51. The molecule has 114 valence electrons. The van der Waals surface area contributed by atoms with Gasteiger partial charge in [0.1, 0.15) is 9.84 Å². The zero-order valence-electron chi connectivity index (χ0n) is 11.5. The Morgan fingerprint density at radius 2 is 2.20 bits per heavy atom. The Hall–Kier alpha value is -0.270. The fourth-order valence-electron chi connectivity index (χ4n) is 1.66. The number of nitrogens with one attached hydrogen (secondary N) is 1. The van der Waals surface area contributed by atoms with Gasteiger partial charge in [0.25, 0.3) is 0 Å². The van der Waals surface area contributed by atoms with E-state index in [0.29, 0.717) is 11.4 Å². The minimum Gasteiger partial charge on any atom is -0.271 e. The summed E-state index contributed by atoms with van der Waals surface area (Å²) >= 11 is 7.58. The van der Waals surface area contributed by atoms with Gasteiger partial charge in [-0.2, -0.15) is 0 Å². The Kier molecular flexibility index (Phi) is 7.91. The van der Waals surface area contributed by atoms with E-state index in [2.05, 4.69) is 5.43 Å². The smallest absolute Gasteiger partial charge is 0.150 e. The highest BCUT2D eigenvalue weighted by atomic mass is 35.5. The van der Waals surface area contributed by atoms with E-state index in [1.54, 1.807) is 18.7 Å². The first-order chi connectivity index (χ1) is 9.46. The highest BCUT2D eigenvalue weighted by molar-refractivity contribution is 7.99. The number of thioether (sulfide) groups is 1. The average Bonchev–Trinajstić information content (AvgIpc) is 2.42. The number of sulfone groups is 1. The van der Waals surface area contributed by atoms with Crippen molar-refractivity contribution in [2.75, 3.05) is 17.3 Å². The quantitative estimate of drug-likeness (QED) is 0.412. The summed E-state index contributed by atoms with van der Waals surface area (Å²) in [5.41, 5.74) is 2.74. The molecule has 20 heavy (non-hydrogen) atoms. The van der Waals surface area contributed by atoms with E-state index in [-0.39, 0.29) is 17.5 Å². The molecule has 0 saturated heterocycles. The molecule has 3 N–H and O–H groups in total. The van der Waals surface area contributed by atoms with Crippen LogP contribution in [0.25, 0.3) is 0 Å². The lowest BCUT2D eigenvalue weighted by Gasteiger charge is -2.15. The second-order valence-electron chi connectivity index (χ2n) is 4.51. The highest BCUT2D eigenvalue weighted by Crippen LogP contribution is 2.22. The minimum absolute atomic E-state index is 0.0889. The number of hydrogen-bond donors (Lipinski definition) is 2. The fourth-order valence-corrected chi connectivity index (χ4v) is 3.85. The topological polar surface area (TPSA) is 72.2 Å². The minimum atomic E-state index is -2.89. The van der Waals surface area contributed by atoms with Crippen molar-refractivity contribution in [1.82, 2.24) is 5.43 Å². The van der Waals surface area contributed by atoms with E-state index in [1.165, 1.54) is 0 Å². The highest BCUT2D eigenvalue weighted by Gasteiger charge is 2.11. The van der Waals surface area contributed by atoms with Gasteiger partial charge in [0.15, 0.2) is 0 Å². The number of hydrogen-bond acceptors (Lipinski definition) is 5. The third-order valence-corrected chi connectivity index (χ3v) is 6.11. The van der Waals surface area contributed by atoms with Gasteiger partial charge in [-0.05, 0) is 31.0 Å². The summed E-state index contributed by atoms with van der Waals surface area (Å²) in [4.78, 5) is 1.08. The first-order valence-electron chi connectivity index (χ1n) is 6.51. The maximum atomic E-state index is 11.4. The number of rotatable bonds is 9. The Morgan fingerprint density at radius 1 is 1.45 bits per heavy atom. The van der Waals surface area contributed by atoms with Gasteiger partial charge in [-0.15, -0.1) is 11.8 Å². The number of nitrogens with two attached hydrogens (primary N) is 1. The molecule has 0 aliphatic heterocycles. The molecule has 0 bridgehead atoms. The van der Waals surface area contributed by atoms with E-state index < -0.39 is 9.84 Å². The lowest BCUT2D eigenvalue weighted by atomic mass is 10.2. The first-order valence-corrected chi connectivity index (χ1v) is 9.70. The average molecular weight is 337 g/mol. The SMILES string of the molecule is CCS(=O)(=O)CCCC(CSc1cccc(Cl)c1)NN. The number of hydrazine groups is 1. The summed E-state index contributed by atoms with van der Waals surface area (Å²) in [7, 11) is -2.89. The number of halogens is 1. The van der Waals surface area contributed by atoms with Crippen molar-refractivity contribution in [3.8, 4) is 0 Å². The van der Waals surface area contributed by atoms with Crippen molar-refractivity contribution < 1.29 is 8.42 Å². The van der Waals surface area contributed by atoms with E-state index in [1.807, 2.05) is 24.3 Å². The molecule has 0 heterocycles. The summed E-state index contributed by atoms with van der Waals surface area (Å²) in [6.07, 6.45) is 1.37. The molecule has 0 aliphatic rings. The molecule has 0 aliphatic carbocycles. The first kappa shape index (κ1) is 17.8. The number of benzene rings is 1. The van der Waals surface area contributed by atoms with Crippen molar-refractivity contribution in [3.05, 3.63) is 29.3 Å². The molecular weight excluding hydrogens is 316 g/mol. The van der Waals surface area contributed by atoms with Crippen LogP contribution in [0.1, 0.15) is 19.8 Å². The van der Waals surface area contributed by atoms with Crippen LogP contribution in [0.15, 0.2) is 29.2 Å². The lowest BCUT2D eigenvalue weighted by molar-refractivity contribution is 0.528. The second kappa shape index (κ2) is 8.89. The van der Waals surface area contributed by atoms with Gasteiger partial charge in [-0.3, -0.25) is 11.3 Å². The summed E-state index contributed by atoms with van der Waals surface area (Å²) in [6, 6.07) is 7.72. The molecule has 1 aromatic rings. The largest absolute Gasteiger partial charge is 0.271 e. The predicted molar refractivity (Wildman–Crippen MR) is 86.8 cm³/mol. The third-order valence-electron chi connectivity index (χ3n) is 2.93. The van der Waals surface area contributed by atoms with E-state index in [9.17, 15) is 8.42 Å². The van der Waals surface area contributed by atoms with Crippen molar-refractivity contribution in [1.29, 1.82) is 0 Å². The maximum Gasteiger partial charge on any atom is 0.150 e. The molecule has 1 aromatic carbocycles. The Balaban J connectivity index is 2.36. The van der Waals surface area contributed by atoms with Gasteiger partial charge >= 0.3 is 0 Å². The van der Waals surface area contributed by atoms with Crippen LogP contribution in [0.3, 0.4) is 0 Å². The summed E-state index contributed by atoms with van der Waals surface area (Å²) in [5, 5.41) is 0.710. The Bertz CT molecular complexity index is 509. The molecule has 0 fully saturated rings. The van der Waals surface area contributed by atoms with Crippen LogP contribution >= 0.6 is 23.4 Å². The van der Waals surface area contributed by atoms with E-state index in [4.69, 9.17) is 17.4 Å². The zero-order valence-corrected chi connectivity index (χ0v) is 13.9. The fraction of sp³-hybridized carbons (Fsp3) is 0.538. The van der Waals surface area contributed by atoms with Crippen LogP contribution in [-0.4, -0.2) is 31.7 Å². The van der Waals surface area contributed by atoms with Crippen LogP contribution in [0, 0.1) is 0 Å². The van der Waals surface area contributed by atoms with Gasteiger partial charge in [-0.1, -0.05) is 24.6 Å². The molecule has 1 atom stereocenters. The van der Waals surface area contributed by atoms with Gasteiger partial charge in [0, 0.05) is 27.5 Å². The Morgan fingerprint density at radius 3 is 2.80 bits per heavy atom. The predicted octanol–water partition coefficient (Wildman–Crippen LogP) is 2.48. The molecule has 4 nitrogen and oxygen atoms in total. The lowest BCUT2D eigenvalue weighted by Crippen LogP contribution is -2.37. The molecule has 0 aromatic heterocycles. The van der Waals surface area contributed by atoms with Crippen molar-refractivity contribution >= 4 is 33.2 Å². The normalized spacial score (nSPS) is 13.3. The van der Waals surface area contributed by atoms with Gasteiger partial charge in [0.2, 0.25) is 0 Å². The molecule has 1 unspecified atom stereocenters. The zero-order chi connectivity index (χ0) is 15.0.